The van der Waals surface area contributed by atoms with E-state index in [4.69, 9.17) is 0 Å². The van der Waals surface area contributed by atoms with Gasteiger partial charge in [-0.15, -0.1) is 0 Å². The van der Waals surface area contributed by atoms with Crippen molar-refractivity contribution < 1.29 is 4.92 Å². The van der Waals surface area contributed by atoms with Crippen LogP contribution >= 0.6 is 0 Å². The lowest BCUT2D eigenvalue weighted by atomic mass is 10.0. The van der Waals surface area contributed by atoms with Crippen LogP contribution in [0.5, 0.6) is 0 Å². The van der Waals surface area contributed by atoms with Crippen LogP contribution in [0.15, 0.2) is 12.2 Å². The monoisotopic (exact) mass is 154 g/mol. The Hall–Kier alpha value is -0.860. The Balaban J connectivity index is 2.48. The van der Waals surface area contributed by atoms with E-state index < -0.39 is 6.04 Å². The van der Waals surface area contributed by atoms with Crippen LogP contribution in [0.2, 0.25) is 0 Å². The molecule has 0 saturated carbocycles. The fourth-order valence-corrected chi connectivity index (χ4v) is 1.16. The fraction of sp³-hybridized carbons (Fsp3) is 0.625. The zero-order valence-electron chi connectivity index (χ0n) is 6.40. The molecular formula is C8H12NO2. The summed E-state index contributed by atoms with van der Waals surface area (Å²) in [5, 5.41) is 10.4. The van der Waals surface area contributed by atoms with E-state index in [2.05, 4.69) is 0 Å². The average Bonchev–Trinajstić information content (AvgIpc) is 1.84. The summed E-state index contributed by atoms with van der Waals surface area (Å²) in [4.78, 5) is 10.1. The molecule has 0 spiro atoms. The molecule has 0 bridgehead atoms. The molecule has 0 aliphatic heterocycles. The van der Waals surface area contributed by atoms with Crippen LogP contribution in [0.3, 0.4) is 0 Å². The van der Waals surface area contributed by atoms with Gasteiger partial charge in [0.15, 0.2) is 0 Å². The molecule has 0 amide bonds. The van der Waals surface area contributed by atoms with Crippen LogP contribution in [-0.4, -0.2) is 11.0 Å². The first-order valence-corrected chi connectivity index (χ1v) is 3.92. The number of hydrogen-bond donors (Lipinski definition) is 0. The second kappa shape index (κ2) is 4.11. The van der Waals surface area contributed by atoms with Gasteiger partial charge in [-0.1, -0.05) is 6.08 Å². The van der Waals surface area contributed by atoms with Crippen molar-refractivity contribution in [1.82, 2.24) is 0 Å². The van der Waals surface area contributed by atoms with Gasteiger partial charge in [-0.25, -0.2) is 0 Å². The third-order valence-electron chi connectivity index (χ3n) is 1.82. The van der Waals surface area contributed by atoms with Crippen molar-refractivity contribution >= 4 is 0 Å². The second-order valence-electron chi connectivity index (χ2n) is 2.74. The first kappa shape index (κ1) is 8.24. The van der Waals surface area contributed by atoms with Crippen LogP contribution in [0.1, 0.15) is 25.7 Å². The van der Waals surface area contributed by atoms with Gasteiger partial charge >= 0.3 is 0 Å². The molecule has 1 aliphatic carbocycles. The minimum absolute atomic E-state index is 0.224. The molecule has 0 aromatic carbocycles. The first-order chi connectivity index (χ1) is 5.30. The molecule has 1 atom stereocenters. The molecule has 1 aliphatic rings. The van der Waals surface area contributed by atoms with Crippen LogP contribution in [0, 0.1) is 16.5 Å². The molecule has 0 fully saturated rings. The Morgan fingerprint density at radius 2 is 2.27 bits per heavy atom. The molecular weight excluding hydrogens is 142 g/mol. The summed E-state index contributed by atoms with van der Waals surface area (Å²) in [7, 11) is 0. The third-order valence-corrected chi connectivity index (χ3v) is 1.82. The molecule has 3 heteroatoms. The van der Waals surface area contributed by atoms with Crippen LogP contribution in [-0.2, 0) is 0 Å². The maximum atomic E-state index is 10.4. The number of nitrogens with zero attached hydrogens (tertiary/aromatic N) is 1. The van der Waals surface area contributed by atoms with E-state index in [-0.39, 0.29) is 4.92 Å². The molecule has 0 heterocycles. The minimum atomic E-state index is -0.477. The summed E-state index contributed by atoms with van der Waals surface area (Å²) in [6, 6.07) is -0.477. The molecule has 1 unspecified atom stereocenters. The van der Waals surface area contributed by atoms with Crippen LogP contribution < -0.4 is 0 Å². The third kappa shape index (κ3) is 2.70. The molecule has 0 N–H and O–H groups in total. The quantitative estimate of drug-likeness (QED) is 0.329. The largest absolute Gasteiger partial charge is 0.264 e. The average molecular weight is 154 g/mol. The van der Waals surface area contributed by atoms with E-state index in [1.807, 2.05) is 12.5 Å². The molecule has 0 aromatic heterocycles. The van der Waals surface area contributed by atoms with E-state index in [0.717, 1.165) is 19.3 Å². The first-order valence-electron chi connectivity index (χ1n) is 3.92. The van der Waals surface area contributed by atoms with Crippen LogP contribution in [0.25, 0.3) is 0 Å². The maximum Gasteiger partial charge on any atom is 0.231 e. The standard InChI is InChI=1S/C8H12NO2/c10-9(11)8-6-4-2-1-3-5-7-8/h4-6,8H,1-3,7H2. The van der Waals surface area contributed by atoms with Gasteiger partial charge in [0.25, 0.3) is 0 Å². The molecule has 61 valence electrons. The summed E-state index contributed by atoms with van der Waals surface area (Å²) in [5.74, 6) is 0. The second-order valence-corrected chi connectivity index (χ2v) is 2.74. The Morgan fingerprint density at radius 3 is 3.00 bits per heavy atom. The lowest BCUT2D eigenvalue weighted by molar-refractivity contribution is -0.509. The maximum absolute atomic E-state index is 10.4. The van der Waals surface area contributed by atoms with E-state index >= 15 is 0 Å². The number of hydrogen-bond acceptors (Lipinski definition) is 2. The number of rotatable bonds is 1. The number of allylic oxidation sites excluding steroid dienone is 1. The molecule has 11 heavy (non-hydrogen) atoms. The highest BCUT2D eigenvalue weighted by molar-refractivity contribution is 4.93. The predicted octanol–water partition coefficient (Wildman–Crippen LogP) is 1.97. The zero-order chi connectivity index (χ0) is 8.10. The molecule has 0 saturated heterocycles. The van der Waals surface area contributed by atoms with Gasteiger partial charge in [-0.2, -0.15) is 0 Å². The topological polar surface area (TPSA) is 43.1 Å². The smallest absolute Gasteiger partial charge is 0.231 e. The summed E-state index contributed by atoms with van der Waals surface area (Å²) in [5.41, 5.74) is 0. The van der Waals surface area contributed by atoms with E-state index in [9.17, 15) is 10.1 Å². The highest BCUT2D eigenvalue weighted by Gasteiger charge is 2.15. The van der Waals surface area contributed by atoms with Crippen molar-refractivity contribution in [2.45, 2.75) is 31.7 Å². The Labute approximate surface area is 66.3 Å². The molecule has 3 nitrogen and oxygen atoms in total. The summed E-state index contributed by atoms with van der Waals surface area (Å²) in [6.45, 7) is 0. The van der Waals surface area contributed by atoms with E-state index in [1.54, 1.807) is 6.08 Å². The normalized spacial score (nSPS) is 25.6. The lowest BCUT2D eigenvalue weighted by Crippen LogP contribution is -2.17. The van der Waals surface area contributed by atoms with Crippen molar-refractivity contribution in [3.8, 4) is 0 Å². The molecule has 1 radical (unpaired) electrons. The van der Waals surface area contributed by atoms with E-state index in [0.29, 0.717) is 6.42 Å². The van der Waals surface area contributed by atoms with Crippen molar-refractivity contribution in [3.63, 3.8) is 0 Å². The Bertz CT molecular complexity index is 165. The van der Waals surface area contributed by atoms with E-state index in [1.165, 1.54) is 0 Å². The van der Waals surface area contributed by atoms with Crippen molar-refractivity contribution in [2.75, 3.05) is 0 Å². The van der Waals surface area contributed by atoms with Gasteiger partial charge in [0.05, 0.1) is 0 Å². The Kier molecular flexibility index (Phi) is 3.08. The van der Waals surface area contributed by atoms with Gasteiger partial charge < -0.3 is 0 Å². The summed E-state index contributed by atoms with van der Waals surface area (Å²) in [6.07, 6.45) is 9.33. The molecule has 1 rings (SSSR count). The highest BCUT2D eigenvalue weighted by Crippen LogP contribution is 2.12. The summed E-state index contributed by atoms with van der Waals surface area (Å²) >= 11 is 0. The Morgan fingerprint density at radius 1 is 1.45 bits per heavy atom. The van der Waals surface area contributed by atoms with Crippen molar-refractivity contribution in [2.24, 2.45) is 0 Å². The lowest BCUT2D eigenvalue weighted by Gasteiger charge is -2.06. The highest BCUT2D eigenvalue weighted by atomic mass is 16.6. The van der Waals surface area contributed by atoms with Gasteiger partial charge in [-0.05, 0) is 31.8 Å². The van der Waals surface area contributed by atoms with Gasteiger partial charge in [0.2, 0.25) is 6.04 Å². The van der Waals surface area contributed by atoms with Crippen molar-refractivity contribution in [1.29, 1.82) is 0 Å². The molecule has 0 aromatic rings. The zero-order valence-corrected chi connectivity index (χ0v) is 6.40. The SMILES string of the molecule is O=[N+]([O-])C1C=CCCC[CH]C1. The van der Waals surface area contributed by atoms with Gasteiger partial charge in [-0.3, -0.25) is 10.1 Å². The predicted molar refractivity (Wildman–Crippen MR) is 42.7 cm³/mol. The van der Waals surface area contributed by atoms with Gasteiger partial charge in [0, 0.05) is 11.3 Å². The fourth-order valence-electron chi connectivity index (χ4n) is 1.16. The van der Waals surface area contributed by atoms with Crippen molar-refractivity contribution in [3.05, 3.63) is 28.7 Å². The summed E-state index contributed by atoms with van der Waals surface area (Å²) < 4.78 is 0. The minimum Gasteiger partial charge on any atom is -0.264 e. The van der Waals surface area contributed by atoms with Gasteiger partial charge in [0.1, 0.15) is 0 Å². The number of nitro groups is 1. The van der Waals surface area contributed by atoms with Crippen LogP contribution in [0.4, 0.5) is 0 Å².